The maximum atomic E-state index is 13.7. The van der Waals surface area contributed by atoms with E-state index in [0.717, 1.165) is 16.9 Å². The molecule has 0 saturated carbocycles. The van der Waals surface area contributed by atoms with E-state index in [1.165, 1.54) is 24.4 Å². The van der Waals surface area contributed by atoms with Crippen molar-refractivity contribution in [3.05, 3.63) is 77.5 Å². The van der Waals surface area contributed by atoms with Gasteiger partial charge in [-0.3, -0.25) is 4.79 Å². The summed E-state index contributed by atoms with van der Waals surface area (Å²) < 4.78 is 21.0. The topological polar surface area (TPSA) is 86.8 Å². The predicted octanol–water partition coefficient (Wildman–Crippen LogP) is 3.75. The maximum Gasteiger partial charge on any atom is 0.254 e. The van der Waals surface area contributed by atoms with Gasteiger partial charge < -0.3 is 14.5 Å². The number of ether oxygens (including phenoxy) is 1. The summed E-state index contributed by atoms with van der Waals surface area (Å²) in [5.41, 5.74) is 3.26. The van der Waals surface area contributed by atoms with Gasteiger partial charge in [0.15, 0.2) is 0 Å². The molecule has 0 aliphatic carbocycles. The van der Waals surface area contributed by atoms with Gasteiger partial charge in [0, 0.05) is 49.1 Å². The van der Waals surface area contributed by atoms with E-state index in [4.69, 9.17) is 11.2 Å². The van der Waals surface area contributed by atoms with Gasteiger partial charge in [0.1, 0.15) is 23.5 Å². The number of anilines is 1. The molecule has 5 rings (SSSR count). The number of aromatic nitrogens is 3. The van der Waals surface area contributed by atoms with Crippen molar-refractivity contribution in [1.29, 1.82) is 5.26 Å². The first-order valence-corrected chi connectivity index (χ1v) is 11.8. The minimum Gasteiger partial charge on any atom is -0.492 e. The Morgan fingerprint density at radius 3 is 2.62 bits per heavy atom. The Kier molecular flexibility index (Phi) is 6.44. The molecule has 0 radical (unpaired) electrons. The van der Waals surface area contributed by atoms with Crippen LogP contribution in [0.3, 0.4) is 0 Å². The smallest absolute Gasteiger partial charge is 0.254 e. The number of carbonyl (C=O) groups is 1. The number of piperazine rings is 1. The minimum atomic E-state index is -0.513. The highest BCUT2D eigenvalue weighted by Gasteiger charge is 2.24. The molecular weight excluding hydrogens is 471 g/mol. The fourth-order valence-corrected chi connectivity index (χ4v) is 4.47. The number of amides is 1. The Balaban J connectivity index is 1.33. The zero-order valence-corrected chi connectivity index (χ0v) is 20.2. The molecule has 1 aliphatic rings. The average Bonchev–Trinajstić information content (AvgIpc) is 3.36. The normalized spacial score (nSPS) is 13.3. The maximum absolute atomic E-state index is 13.7. The van der Waals surface area contributed by atoms with E-state index in [9.17, 15) is 14.4 Å². The lowest BCUT2D eigenvalue weighted by Gasteiger charge is -2.35. The summed E-state index contributed by atoms with van der Waals surface area (Å²) in [6, 6.07) is 12.1. The first-order chi connectivity index (χ1) is 18.0. The van der Waals surface area contributed by atoms with Crippen molar-refractivity contribution in [2.24, 2.45) is 0 Å². The van der Waals surface area contributed by atoms with Crippen LogP contribution in [0, 0.1) is 29.5 Å². The largest absolute Gasteiger partial charge is 0.492 e. The number of carbonyl (C=O) groups excluding carboxylic acids is 1. The van der Waals surface area contributed by atoms with Crippen LogP contribution < -0.4 is 9.64 Å². The molecule has 1 amide bonds. The zero-order chi connectivity index (χ0) is 25.9. The number of fused-ring (bicyclic) bond motifs is 1. The van der Waals surface area contributed by atoms with Crippen LogP contribution in [-0.4, -0.2) is 58.2 Å². The van der Waals surface area contributed by atoms with Crippen molar-refractivity contribution in [1.82, 2.24) is 19.5 Å². The summed E-state index contributed by atoms with van der Waals surface area (Å²) >= 11 is 0. The van der Waals surface area contributed by atoms with Gasteiger partial charge in [0.2, 0.25) is 0 Å². The lowest BCUT2D eigenvalue weighted by atomic mass is 10.1. The van der Waals surface area contributed by atoms with Crippen LogP contribution in [0.4, 0.5) is 10.2 Å². The third-order valence-corrected chi connectivity index (χ3v) is 6.34. The monoisotopic (exact) mass is 494 g/mol. The third-order valence-electron chi connectivity index (χ3n) is 6.34. The number of hydrogen-bond donors (Lipinski definition) is 0. The number of rotatable bonds is 5. The summed E-state index contributed by atoms with van der Waals surface area (Å²) in [5, 5.41) is 13.8. The quantitative estimate of drug-likeness (QED) is 0.393. The molecule has 4 heterocycles. The standard InChI is InChI=1S/C28H23FN6O2/c1-3-19-13-20(5-7-25(19)29)28(36)34-11-9-33(10-12-34)26-8-6-21(16-31-26)24-14-23(37-4-2)18-35-27(24)22(15-30)17-32-35/h1,5-8,13-14,16-18H,4,9-12H2,2H3. The summed E-state index contributed by atoms with van der Waals surface area (Å²) in [5.74, 6) is 3.03. The Morgan fingerprint density at radius 1 is 1.14 bits per heavy atom. The molecule has 0 atom stereocenters. The average molecular weight is 495 g/mol. The van der Waals surface area contributed by atoms with Crippen LogP contribution in [0.5, 0.6) is 5.75 Å². The number of benzene rings is 1. The van der Waals surface area contributed by atoms with E-state index in [1.54, 1.807) is 21.8 Å². The van der Waals surface area contributed by atoms with Crippen LogP contribution in [0.2, 0.25) is 0 Å². The van der Waals surface area contributed by atoms with Gasteiger partial charge in [-0.1, -0.05) is 5.92 Å². The van der Waals surface area contributed by atoms with Crippen molar-refractivity contribution in [2.45, 2.75) is 6.92 Å². The fraction of sp³-hybridized carbons (Fsp3) is 0.214. The number of hydrogen-bond acceptors (Lipinski definition) is 6. The predicted molar refractivity (Wildman–Crippen MR) is 137 cm³/mol. The van der Waals surface area contributed by atoms with E-state index in [1.807, 2.05) is 25.1 Å². The van der Waals surface area contributed by atoms with Gasteiger partial charge in [0.05, 0.1) is 35.6 Å². The van der Waals surface area contributed by atoms with E-state index in [0.29, 0.717) is 55.2 Å². The van der Waals surface area contributed by atoms with E-state index in [2.05, 4.69) is 27.0 Å². The molecule has 0 N–H and O–H groups in total. The molecule has 37 heavy (non-hydrogen) atoms. The summed E-state index contributed by atoms with van der Waals surface area (Å²) in [6.45, 7) is 4.63. The first kappa shape index (κ1) is 23.8. The molecule has 0 unspecified atom stereocenters. The molecule has 9 heteroatoms. The minimum absolute atomic E-state index is 0.0793. The Labute approximate surface area is 213 Å². The Morgan fingerprint density at radius 2 is 1.95 bits per heavy atom. The van der Waals surface area contributed by atoms with Crippen LogP contribution in [0.25, 0.3) is 16.6 Å². The molecular formula is C28H23FN6O2. The number of pyridine rings is 2. The van der Waals surface area contributed by atoms with Crippen molar-refractivity contribution in [3.63, 3.8) is 0 Å². The molecule has 1 aromatic carbocycles. The second-order valence-corrected chi connectivity index (χ2v) is 8.51. The molecule has 184 valence electrons. The van der Waals surface area contributed by atoms with Crippen molar-refractivity contribution in [2.75, 3.05) is 37.7 Å². The van der Waals surface area contributed by atoms with Gasteiger partial charge in [-0.2, -0.15) is 10.4 Å². The van der Waals surface area contributed by atoms with Crippen molar-refractivity contribution in [3.8, 4) is 35.3 Å². The van der Waals surface area contributed by atoms with Gasteiger partial charge in [0.25, 0.3) is 5.91 Å². The highest BCUT2D eigenvalue weighted by molar-refractivity contribution is 5.94. The van der Waals surface area contributed by atoms with Crippen LogP contribution in [0.15, 0.2) is 55.0 Å². The number of terminal acetylenes is 1. The lowest BCUT2D eigenvalue weighted by Crippen LogP contribution is -2.49. The van der Waals surface area contributed by atoms with Gasteiger partial charge >= 0.3 is 0 Å². The lowest BCUT2D eigenvalue weighted by molar-refractivity contribution is 0.0746. The Hall–Kier alpha value is -4.89. The fourth-order valence-electron chi connectivity index (χ4n) is 4.47. The van der Waals surface area contributed by atoms with Gasteiger partial charge in [-0.05, 0) is 43.3 Å². The zero-order valence-electron chi connectivity index (χ0n) is 20.2. The molecule has 3 aromatic heterocycles. The molecule has 4 aromatic rings. The molecule has 0 bridgehead atoms. The summed E-state index contributed by atoms with van der Waals surface area (Å²) in [4.78, 5) is 21.4. The molecule has 1 saturated heterocycles. The van der Waals surface area contributed by atoms with E-state index in [-0.39, 0.29) is 11.5 Å². The van der Waals surface area contributed by atoms with Crippen molar-refractivity contribution >= 4 is 17.2 Å². The number of halogens is 1. The molecule has 0 spiro atoms. The van der Waals surface area contributed by atoms with Crippen LogP contribution >= 0.6 is 0 Å². The number of nitriles is 1. The van der Waals surface area contributed by atoms with E-state index >= 15 is 0 Å². The first-order valence-electron chi connectivity index (χ1n) is 11.8. The summed E-state index contributed by atoms with van der Waals surface area (Å²) in [7, 11) is 0. The molecule has 1 aliphatic heterocycles. The highest BCUT2D eigenvalue weighted by atomic mass is 19.1. The second kappa shape index (κ2) is 10.00. The molecule has 8 nitrogen and oxygen atoms in total. The van der Waals surface area contributed by atoms with Crippen LogP contribution in [0.1, 0.15) is 28.4 Å². The van der Waals surface area contributed by atoms with Gasteiger partial charge in [-0.15, -0.1) is 6.42 Å². The second-order valence-electron chi connectivity index (χ2n) is 8.51. The summed E-state index contributed by atoms with van der Waals surface area (Å²) in [6.07, 6.45) is 10.4. The SMILES string of the molecule is C#Cc1cc(C(=O)N2CCN(c3ccc(-c4cc(OCC)cn5ncc(C#N)c45)cn3)CC2)ccc1F. The van der Waals surface area contributed by atoms with Crippen LogP contribution in [-0.2, 0) is 0 Å². The highest BCUT2D eigenvalue weighted by Crippen LogP contribution is 2.31. The van der Waals surface area contributed by atoms with Crippen molar-refractivity contribution < 1.29 is 13.9 Å². The third kappa shape index (κ3) is 4.55. The Bertz CT molecular complexity index is 1560. The van der Waals surface area contributed by atoms with E-state index < -0.39 is 5.82 Å². The number of nitrogens with zero attached hydrogens (tertiary/aromatic N) is 6. The van der Waals surface area contributed by atoms with Gasteiger partial charge in [-0.25, -0.2) is 13.9 Å². The molecule has 1 fully saturated rings.